The Bertz CT molecular complexity index is 490. The quantitative estimate of drug-likeness (QED) is 0.771. The van der Waals surface area contributed by atoms with Crippen LogP contribution in [0.2, 0.25) is 5.02 Å². The average Bonchev–Trinajstić information content (AvgIpc) is 2.61. The van der Waals surface area contributed by atoms with Gasteiger partial charge in [-0.3, -0.25) is 4.84 Å². The summed E-state index contributed by atoms with van der Waals surface area (Å²) >= 11 is 5.90. The second-order valence-electron chi connectivity index (χ2n) is 4.02. The SMILES string of the molecule is CC(C)(ON)c1c[nH]c2cc(Cl)ccc12. The number of H-pyrrole nitrogens is 1. The predicted octanol–water partition coefficient (Wildman–Crippen LogP) is 2.95. The van der Waals surface area contributed by atoms with Crippen molar-refractivity contribution < 1.29 is 4.84 Å². The van der Waals surface area contributed by atoms with Crippen LogP contribution in [0.4, 0.5) is 0 Å². The molecule has 3 nitrogen and oxygen atoms in total. The molecule has 1 heterocycles. The molecule has 2 aromatic rings. The molecule has 0 amide bonds. The fraction of sp³-hybridized carbons (Fsp3) is 0.273. The summed E-state index contributed by atoms with van der Waals surface area (Å²) in [6.45, 7) is 3.84. The van der Waals surface area contributed by atoms with Gasteiger partial charge in [-0.25, -0.2) is 5.90 Å². The molecule has 0 atom stereocenters. The number of aromatic nitrogens is 1. The molecule has 3 N–H and O–H groups in total. The van der Waals surface area contributed by atoms with E-state index in [9.17, 15) is 0 Å². The first kappa shape index (κ1) is 10.5. The molecule has 0 aliphatic rings. The number of hydrogen-bond acceptors (Lipinski definition) is 2. The van der Waals surface area contributed by atoms with E-state index in [-0.39, 0.29) is 0 Å². The molecule has 0 aliphatic carbocycles. The highest BCUT2D eigenvalue weighted by atomic mass is 35.5. The van der Waals surface area contributed by atoms with Crippen molar-refractivity contribution in [3.63, 3.8) is 0 Å². The third kappa shape index (κ3) is 1.74. The number of nitrogens with two attached hydrogens (primary N) is 1. The second-order valence-corrected chi connectivity index (χ2v) is 4.46. The zero-order valence-electron chi connectivity index (χ0n) is 8.67. The lowest BCUT2D eigenvalue weighted by Crippen LogP contribution is -2.24. The molecule has 1 aromatic carbocycles. The molecular weight excluding hydrogens is 212 g/mol. The minimum Gasteiger partial charge on any atom is -0.361 e. The number of benzene rings is 1. The molecule has 80 valence electrons. The first-order chi connectivity index (χ1) is 7.04. The van der Waals surface area contributed by atoms with Crippen LogP contribution in [-0.2, 0) is 10.4 Å². The Kier molecular flexibility index (Phi) is 2.46. The molecule has 1 aromatic heterocycles. The van der Waals surface area contributed by atoms with E-state index >= 15 is 0 Å². The van der Waals surface area contributed by atoms with Crippen LogP contribution in [0, 0.1) is 0 Å². The lowest BCUT2D eigenvalue weighted by atomic mass is 9.98. The first-order valence-electron chi connectivity index (χ1n) is 4.69. The third-order valence-corrected chi connectivity index (χ3v) is 2.82. The number of hydrogen-bond donors (Lipinski definition) is 2. The van der Waals surface area contributed by atoms with E-state index in [2.05, 4.69) is 4.98 Å². The topological polar surface area (TPSA) is 51.0 Å². The number of nitrogens with one attached hydrogen (secondary N) is 1. The van der Waals surface area contributed by atoms with E-state index in [0.717, 1.165) is 16.5 Å². The van der Waals surface area contributed by atoms with Gasteiger partial charge in [-0.05, 0) is 26.0 Å². The van der Waals surface area contributed by atoms with Crippen LogP contribution in [0.25, 0.3) is 10.9 Å². The Morgan fingerprint density at radius 2 is 2.13 bits per heavy atom. The van der Waals surface area contributed by atoms with Crippen LogP contribution < -0.4 is 5.90 Å². The van der Waals surface area contributed by atoms with Crippen molar-refractivity contribution >= 4 is 22.5 Å². The Morgan fingerprint density at radius 3 is 2.80 bits per heavy atom. The zero-order chi connectivity index (χ0) is 11.1. The first-order valence-corrected chi connectivity index (χ1v) is 5.07. The minimum atomic E-state index is -0.508. The van der Waals surface area contributed by atoms with Crippen molar-refractivity contribution in [1.29, 1.82) is 0 Å². The van der Waals surface area contributed by atoms with Gasteiger partial charge in [-0.1, -0.05) is 17.7 Å². The fourth-order valence-corrected chi connectivity index (χ4v) is 1.83. The zero-order valence-corrected chi connectivity index (χ0v) is 9.43. The normalized spacial score (nSPS) is 12.3. The van der Waals surface area contributed by atoms with E-state index in [4.69, 9.17) is 22.3 Å². The van der Waals surface area contributed by atoms with Crippen LogP contribution in [0.3, 0.4) is 0 Å². The van der Waals surface area contributed by atoms with E-state index in [1.807, 2.05) is 38.2 Å². The van der Waals surface area contributed by atoms with Crippen molar-refractivity contribution in [2.75, 3.05) is 0 Å². The van der Waals surface area contributed by atoms with Gasteiger partial charge >= 0.3 is 0 Å². The average molecular weight is 225 g/mol. The maximum absolute atomic E-state index is 5.90. The number of fused-ring (bicyclic) bond motifs is 1. The number of rotatable bonds is 2. The maximum Gasteiger partial charge on any atom is 0.111 e. The smallest absolute Gasteiger partial charge is 0.111 e. The Morgan fingerprint density at radius 1 is 1.40 bits per heavy atom. The van der Waals surface area contributed by atoms with Crippen molar-refractivity contribution in [2.45, 2.75) is 19.4 Å². The number of halogens is 1. The minimum absolute atomic E-state index is 0.508. The summed E-state index contributed by atoms with van der Waals surface area (Å²) in [4.78, 5) is 8.12. The summed E-state index contributed by atoms with van der Waals surface area (Å²) in [6, 6.07) is 5.70. The lowest BCUT2D eigenvalue weighted by Gasteiger charge is -2.21. The molecule has 0 aliphatic heterocycles. The van der Waals surface area contributed by atoms with Crippen molar-refractivity contribution in [1.82, 2.24) is 4.98 Å². The van der Waals surface area contributed by atoms with Crippen LogP contribution in [0.1, 0.15) is 19.4 Å². The summed E-state index contributed by atoms with van der Waals surface area (Å²) in [6.07, 6.45) is 1.90. The molecular formula is C11H13ClN2O. The maximum atomic E-state index is 5.90. The van der Waals surface area contributed by atoms with Gasteiger partial charge in [0.05, 0.1) is 0 Å². The van der Waals surface area contributed by atoms with E-state index in [1.54, 1.807) is 0 Å². The van der Waals surface area contributed by atoms with E-state index < -0.39 is 5.60 Å². The summed E-state index contributed by atoms with van der Waals surface area (Å²) in [7, 11) is 0. The molecule has 0 saturated carbocycles. The van der Waals surface area contributed by atoms with Gasteiger partial charge in [0.1, 0.15) is 5.60 Å². The van der Waals surface area contributed by atoms with Gasteiger partial charge in [-0.15, -0.1) is 0 Å². The van der Waals surface area contributed by atoms with E-state index in [0.29, 0.717) is 5.02 Å². The molecule has 0 radical (unpaired) electrons. The molecule has 2 rings (SSSR count). The summed E-state index contributed by atoms with van der Waals surface area (Å²) < 4.78 is 0. The van der Waals surface area contributed by atoms with Gasteiger partial charge < -0.3 is 4.98 Å². The van der Waals surface area contributed by atoms with Crippen molar-refractivity contribution in [3.8, 4) is 0 Å². The highest BCUT2D eigenvalue weighted by molar-refractivity contribution is 6.31. The van der Waals surface area contributed by atoms with Crippen LogP contribution in [-0.4, -0.2) is 4.98 Å². The Hall–Kier alpha value is -1.03. The van der Waals surface area contributed by atoms with Gasteiger partial charge in [0.2, 0.25) is 0 Å². The highest BCUT2D eigenvalue weighted by Gasteiger charge is 2.23. The largest absolute Gasteiger partial charge is 0.361 e. The third-order valence-electron chi connectivity index (χ3n) is 2.59. The molecule has 0 unspecified atom stereocenters. The Balaban J connectivity index is 2.64. The second kappa shape index (κ2) is 3.52. The highest BCUT2D eigenvalue weighted by Crippen LogP contribution is 2.31. The monoisotopic (exact) mass is 224 g/mol. The molecule has 15 heavy (non-hydrogen) atoms. The summed E-state index contributed by atoms with van der Waals surface area (Å²) in [5.41, 5.74) is 1.51. The standard InChI is InChI=1S/C11H13ClN2O/c1-11(2,15-13)9-6-14-10-5-7(12)3-4-8(9)10/h3-6,14H,13H2,1-2H3. The predicted molar refractivity (Wildman–Crippen MR) is 61.6 cm³/mol. The van der Waals surface area contributed by atoms with Crippen LogP contribution in [0.15, 0.2) is 24.4 Å². The van der Waals surface area contributed by atoms with Gasteiger partial charge in [0.25, 0.3) is 0 Å². The molecule has 0 saturated heterocycles. The summed E-state index contributed by atoms with van der Waals surface area (Å²) in [5.74, 6) is 5.28. The van der Waals surface area contributed by atoms with E-state index in [1.165, 1.54) is 0 Å². The summed E-state index contributed by atoms with van der Waals surface area (Å²) in [5, 5.41) is 1.79. The molecule has 0 bridgehead atoms. The van der Waals surface area contributed by atoms with Gasteiger partial charge in [-0.2, -0.15) is 0 Å². The Labute approximate surface area is 93.1 Å². The van der Waals surface area contributed by atoms with Crippen molar-refractivity contribution in [3.05, 3.63) is 35.0 Å². The molecule has 4 heteroatoms. The molecule has 0 fully saturated rings. The molecule has 0 spiro atoms. The number of aromatic amines is 1. The van der Waals surface area contributed by atoms with Gasteiger partial charge in [0, 0.05) is 27.7 Å². The van der Waals surface area contributed by atoms with Gasteiger partial charge in [0.15, 0.2) is 0 Å². The lowest BCUT2D eigenvalue weighted by molar-refractivity contribution is -0.0225. The van der Waals surface area contributed by atoms with Crippen LogP contribution >= 0.6 is 11.6 Å². The fourth-order valence-electron chi connectivity index (χ4n) is 1.66. The van der Waals surface area contributed by atoms with Crippen molar-refractivity contribution in [2.24, 2.45) is 5.90 Å². The van der Waals surface area contributed by atoms with Crippen LogP contribution in [0.5, 0.6) is 0 Å².